The molecule has 0 aliphatic heterocycles. The Kier molecular flexibility index (Phi) is 6.73. The van der Waals surface area contributed by atoms with Gasteiger partial charge in [0, 0.05) is 12.6 Å². The van der Waals surface area contributed by atoms with Gasteiger partial charge in [-0.1, -0.05) is 50.6 Å². The van der Waals surface area contributed by atoms with Crippen molar-refractivity contribution in [3.63, 3.8) is 0 Å². The molecule has 3 unspecified atom stereocenters. The Hall–Kier alpha value is -1.35. The number of amides is 1. The molecule has 0 saturated heterocycles. The van der Waals surface area contributed by atoms with Crippen molar-refractivity contribution in [1.82, 2.24) is 4.90 Å². The van der Waals surface area contributed by atoms with Gasteiger partial charge in [0.2, 0.25) is 5.91 Å². The van der Waals surface area contributed by atoms with Gasteiger partial charge in [0.05, 0.1) is 12.0 Å². The van der Waals surface area contributed by atoms with Crippen LogP contribution in [0.25, 0.3) is 0 Å². The van der Waals surface area contributed by atoms with Gasteiger partial charge in [0.15, 0.2) is 0 Å². The minimum atomic E-state index is -0.141. The summed E-state index contributed by atoms with van der Waals surface area (Å²) >= 11 is 0. The summed E-state index contributed by atoms with van der Waals surface area (Å²) in [5, 5.41) is 0. The summed E-state index contributed by atoms with van der Waals surface area (Å²) in [6.07, 6.45) is 2.10. The van der Waals surface area contributed by atoms with Crippen LogP contribution in [0.3, 0.4) is 0 Å². The Morgan fingerprint density at radius 2 is 1.80 bits per heavy atom. The van der Waals surface area contributed by atoms with E-state index in [1.807, 2.05) is 36.9 Å². The molecule has 20 heavy (non-hydrogen) atoms. The molecule has 0 aliphatic rings. The summed E-state index contributed by atoms with van der Waals surface area (Å²) in [6.45, 7) is 8.85. The smallest absolute Gasteiger partial charge is 0.227 e. The SMILES string of the molecule is CCCCN(C(=O)C(C)C(C)N)C(C)c1ccccc1. The van der Waals surface area contributed by atoms with Crippen molar-refractivity contribution in [2.24, 2.45) is 11.7 Å². The molecule has 3 atom stereocenters. The molecule has 112 valence electrons. The third-order valence-corrected chi connectivity index (χ3v) is 3.96. The fourth-order valence-electron chi connectivity index (χ4n) is 2.22. The van der Waals surface area contributed by atoms with Crippen LogP contribution in [-0.2, 0) is 4.79 Å². The molecule has 0 heterocycles. The number of benzene rings is 1. The van der Waals surface area contributed by atoms with Gasteiger partial charge in [0.1, 0.15) is 0 Å². The minimum absolute atomic E-state index is 0.0939. The van der Waals surface area contributed by atoms with E-state index in [-0.39, 0.29) is 23.9 Å². The number of carbonyl (C=O) groups is 1. The zero-order chi connectivity index (χ0) is 15.1. The summed E-state index contributed by atoms with van der Waals surface area (Å²) < 4.78 is 0. The Bertz CT molecular complexity index is 403. The Balaban J connectivity index is 2.91. The van der Waals surface area contributed by atoms with E-state index in [0.29, 0.717) is 0 Å². The molecule has 0 saturated carbocycles. The quantitative estimate of drug-likeness (QED) is 0.830. The molecular formula is C17H28N2O. The summed E-state index contributed by atoms with van der Waals surface area (Å²) in [4.78, 5) is 14.6. The first kappa shape index (κ1) is 16.7. The van der Waals surface area contributed by atoms with Crippen molar-refractivity contribution in [3.05, 3.63) is 35.9 Å². The molecule has 1 rings (SSSR count). The van der Waals surface area contributed by atoms with Crippen LogP contribution in [0.2, 0.25) is 0 Å². The van der Waals surface area contributed by atoms with Crippen molar-refractivity contribution < 1.29 is 4.79 Å². The van der Waals surface area contributed by atoms with Gasteiger partial charge in [0.25, 0.3) is 0 Å². The summed E-state index contributed by atoms with van der Waals surface area (Å²) in [6, 6.07) is 10.2. The fourth-order valence-corrected chi connectivity index (χ4v) is 2.22. The van der Waals surface area contributed by atoms with E-state index in [9.17, 15) is 4.79 Å². The number of nitrogens with zero attached hydrogens (tertiary/aromatic N) is 1. The van der Waals surface area contributed by atoms with Crippen molar-refractivity contribution in [1.29, 1.82) is 0 Å². The van der Waals surface area contributed by atoms with E-state index < -0.39 is 0 Å². The van der Waals surface area contributed by atoms with Crippen molar-refractivity contribution in [3.8, 4) is 0 Å². The van der Waals surface area contributed by atoms with Gasteiger partial charge in [-0.15, -0.1) is 0 Å². The number of rotatable bonds is 7. The number of hydrogen-bond donors (Lipinski definition) is 1. The first-order valence-electron chi connectivity index (χ1n) is 7.60. The summed E-state index contributed by atoms with van der Waals surface area (Å²) in [5.41, 5.74) is 7.07. The van der Waals surface area contributed by atoms with Crippen molar-refractivity contribution in [2.45, 2.75) is 52.6 Å². The maximum Gasteiger partial charge on any atom is 0.227 e. The topological polar surface area (TPSA) is 46.3 Å². The first-order chi connectivity index (χ1) is 9.49. The average Bonchev–Trinajstić information content (AvgIpc) is 2.47. The summed E-state index contributed by atoms with van der Waals surface area (Å²) in [7, 11) is 0. The predicted octanol–water partition coefficient (Wildman–Crippen LogP) is 3.36. The molecule has 2 N–H and O–H groups in total. The third-order valence-electron chi connectivity index (χ3n) is 3.96. The van der Waals surface area contributed by atoms with Gasteiger partial charge in [-0.25, -0.2) is 0 Å². The molecule has 1 aromatic rings. The Labute approximate surface area is 123 Å². The van der Waals surface area contributed by atoms with Crippen LogP contribution in [0.1, 0.15) is 52.1 Å². The monoisotopic (exact) mass is 276 g/mol. The second-order valence-electron chi connectivity index (χ2n) is 5.62. The Morgan fingerprint density at radius 3 is 2.30 bits per heavy atom. The van der Waals surface area contributed by atoms with Gasteiger partial charge in [-0.2, -0.15) is 0 Å². The molecule has 3 nitrogen and oxygen atoms in total. The second kappa shape index (κ2) is 8.05. The zero-order valence-electron chi connectivity index (χ0n) is 13.2. The average molecular weight is 276 g/mol. The minimum Gasteiger partial charge on any atom is -0.336 e. The zero-order valence-corrected chi connectivity index (χ0v) is 13.2. The van der Waals surface area contributed by atoms with E-state index in [0.717, 1.165) is 19.4 Å². The molecule has 0 spiro atoms. The number of carbonyl (C=O) groups excluding carboxylic acids is 1. The number of nitrogens with two attached hydrogens (primary N) is 1. The van der Waals surface area contributed by atoms with Gasteiger partial charge in [-0.05, 0) is 25.8 Å². The van der Waals surface area contributed by atoms with Crippen LogP contribution in [0.15, 0.2) is 30.3 Å². The lowest BCUT2D eigenvalue weighted by Gasteiger charge is -2.33. The molecular weight excluding hydrogens is 248 g/mol. The van der Waals surface area contributed by atoms with Crippen molar-refractivity contribution in [2.75, 3.05) is 6.54 Å². The highest BCUT2D eigenvalue weighted by atomic mass is 16.2. The normalized spacial score (nSPS) is 15.4. The van der Waals surface area contributed by atoms with Crippen LogP contribution < -0.4 is 5.73 Å². The molecule has 3 heteroatoms. The van der Waals surface area contributed by atoms with Crippen LogP contribution in [-0.4, -0.2) is 23.4 Å². The number of unbranched alkanes of at least 4 members (excludes halogenated alkanes) is 1. The standard InChI is InChI=1S/C17H28N2O/c1-5-6-12-19(17(20)13(2)14(3)18)15(4)16-10-8-7-9-11-16/h7-11,13-15H,5-6,12,18H2,1-4H3. The highest BCUT2D eigenvalue weighted by molar-refractivity contribution is 5.79. The summed E-state index contributed by atoms with van der Waals surface area (Å²) in [5.74, 6) is 0.0165. The van der Waals surface area contributed by atoms with E-state index in [4.69, 9.17) is 5.73 Å². The van der Waals surface area contributed by atoms with Crippen LogP contribution in [0, 0.1) is 5.92 Å². The predicted molar refractivity (Wildman–Crippen MR) is 84.3 cm³/mol. The largest absolute Gasteiger partial charge is 0.336 e. The second-order valence-corrected chi connectivity index (χ2v) is 5.62. The van der Waals surface area contributed by atoms with Gasteiger partial charge >= 0.3 is 0 Å². The lowest BCUT2D eigenvalue weighted by molar-refractivity contribution is -0.137. The highest BCUT2D eigenvalue weighted by Crippen LogP contribution is 2.23. The van der Waals surface area contributed by atoms with Crippen LogP contribution in [0.5, 0.6) is 0 Å². The van der Waals surface area contributed by atoms with E-state index >= 15 is 0 Å². The van der Waals surface area contributed by atoms with Gasteiger partial charge < -0.3 is 10.6 Å². The molecule has 0 fully saturated rings. The van der Waals surface area contributed by atoms with E-state index in [1.165, 1.54) is 5.56 Å². The maximum atomic E-state index is 12.7. The molecule has 0 aliphatic carbocycles. The number of hydrogen-bond acceptors (Lipinski definition) is 2. The molecule has 1 amide bonds. The molecule has 0 bridgehead atoms. The molecule has 0 aromatic heterocycles. The lowest BCUT2D eigenvalue weighted by atomic mass is 9.99. The van der Waals surface area contributed by atoms with E-state index in [1.54, 1.807) is 0 Å². The first-order valence-corrected chi connectivity index (χ1v) is 7.60. The fraction of sp³-hybridized carbons (Fsp3) is 0.588. The highest BCUT2D eigenvalue weighted by Gasteiger charge is 2.27. The third kappa shape index (κ3) is 4.34. The lowest BCUT2D eigenvalue weighted by Crippen LogP contribution is -2.43. The molecule has 1 aromatic carbocycles. The van der Waals surface area contributed by atoms with Gasteiger partial charge in [-0.3, -0.25) is 4.79 Å². The Morgan fingerprint density at radius 1 is 1.20 bits per heavy atom. The van der Waals surface area contributed by atoms with E-state index in [2.05, 4.69) is 26.0 Å². The maximum absolute atomic E-state index is 12.7. The molecule has 0 radical (unpaired) electrons. The van der Waals surface area contributed by atoms with Crippen LogP contribution >= 0.6 is 0 Å². The van der Waals surface area contributed by atoms with Crippen molar-refractivity contribution >= 4 is 5.91 Å². The van der Waals surface area contributed by atoms with Crippen LogP contribution in [0.4, 0.5) is 0 Å².